The van der Waals surface area contributed by atoms with Crippen LogP contribution in [0.25, 0.3) is 78.0 Å². The summed E-state index contributed by atoms with van der Waals surface area (Å²) in [4.78, 5) is 15.6. The van der Waals surface area contributed by atoms with Crippen LogP contribution in [-0.4, -0.2) is 24.1 Å². The summed E-state index contributed by atoms with van der Waals surface area (Å²) in [6.07, 6.45) is 0. The molecule has 0 saturated heterocycles. The number of benzene rings is 6. The van der Waals surface area contributed by atoms with Gasteiger partial charge in [-0.3, -0.25) is 4.57 Å². The van der Waals surface area contributed by atoms with Crippen molar-refractivity contribution < 1.29 is 0 Å². The normalized spacial score (nSPS) is 11.7. The Morgan fingerprint density at radius 3 is 1.59 bits per heavy atom. The van der Waals surface area contributed by atoms with Crippen molar-refractivity contribution in [3.05, 3.63) is 151 Å². The van der Waals surface area contributed by atoms with Crippen LogP contribution in [0.3, 0.4) is 0 Å². The van der Waals surface area contributed by atoms with E-state index in [0.717, 1.165) is 38.6 Å². The fraction of sp³-hybridized carbons (Fsp3) is 0.0488. The number of rotatable bonds is 4. The number of nitrogens with zero attached hydrogens (tertiary/aromatic N) is 5. The van der Waals surface area contributed by atoms with Crippen LogP contribution in [0.1, 0.15) is 11.1 Å². The van der Waals surface area contributed by atoms with Crippen molar-refractivity contribution in [3.63, 3.8) is 0 Å². The van der Waals surface area contributed by atoms with Gasteiger partial charge in [-0.2, -0.15) is 9.97 Å². The van der Waals surface area contributed by atoms with E-state index >= 15 is 0 Å². The Morgan fingerprint density at radius 1 is 0.413 bits per heavy atom. The van der Waals surface area contributed by atoms with Crippen LogP contribution in [0.5, 0.6) is 0 Å². The number of hydrogen-bond acceptors (Lipinski definition) is 3. The highest BCUT2D eigenvalue weighted by atomic mass is 15.2. The molecule has 46 heavy (non-hydrogen) atoms. The molecular formula is C41H29N5. The molecule has 218 valence electrons. The minimum Gasteiger partial charge on any atom is -0.308 e. The third kappa shape index (κ3) is 3.92. The quantitative estimate of drug-likeness (QED) is 0.205. The van der Waals surface area contributed by atoms with Crippen LogP contribution in [0.2, 0.25) is 0 Å². The molecule has 6 aromatic carbocycles. The van der Waals surface area contributed by atoms with Crippen molar-refractivity contribution >= 4 is 43.6 Å². The van der Waals surface area contributed by atoms with Crippen LogP contribution in [0.15, 0.2) is 140 Å². The van der Waals surface area contributed by atoms with Gasteiger partial charge < -0.3 is 4.57 Å². The lowest BCUT2D eigenvalue weighted by Crippen LogP contribution is -2.08. The first-order valence-corrected chi connectivity index (χ1v) is 15.6. The second-order valence-corrected chi connectivity index (χ2v) is 11.8. The minimum atomic E-state index is 0.589. The molecule has 9 rings (SSSR count). The van der Waals surface area contributed by atoms with Crippen LogP contribution < -0.4 is 0 Å². The molecule has 0 bridgehead atoms. The number of fused-ring (bicyclic) bond motifs is 6. The molecule has 0 aliphatic carbocycles. The molecule has 5 heteroatoms. The van der Waals surface area contributed by atoms with Gasteiger partial charge in [-0.15, -0.1) is 0 Å². The van der Waals surface area contributed by atoms with Gasteiger partial charge in [-0.1, -0.05) is 115 Å². The highest BCUT2D eigenvalue weighted by molar-refractivity contribution is 6.12. The van der Waals surface area contributed by atoms with E-state index in [0.29, 0.717) is 17.6 Å². The molecule has 3 heterocycles. The van der Waals surface area contributed by atoms with Gasteiger partial charge in [-0.05, 0) is 49.2 Å². The SMILES string of the molecule is Cc1cccc2c3cccc(C)c3n(-c3ccccc3-c3nc(-c4ccccc4)nc(-n4c5ccccc5c5ccccc54)n3)c12. The zero-order valence-corrected chi connectivity index (χ0v) is 25.5. The van der Waals surface area contributed by atoms with E-state index in [4.69, 9.17) is 15.0 Å². The van der Waals surface area contributed by atoms with E-state index < -0.39 is 0 Å². The summed E-state index contributed by atoms with van der Waals surface area (Å²) in [7, 11) is 0. The Morgan fingerprint density at radius 2 is 0.935 bits per heavy atom. The van der Waals surface area contributed by atoms with Gasteiger partial charge in [0.05, 0.1) is 27.8 Å². The van der Waals surface area contributed by atoms with E-state index in [1.165, 1.54) is 32.9 Å². The fourth-order valence-electron chi connectivity index (χ4n) is 7.00. The van der Waals surface area contributed by atoms with Gasteiger partial charge in [0.1, 0.15) is 0 Å². The summed E-state index contributed by atoms with van der Waals surface area (Å²) < 4.78 is 4.57. The molecule has 0 spiro atoms. The topological polar surface area (TPSA) is 48.5 Å². The molecular weight excluding hydrogens is 562 g/mol. The first-order chi connectivity index (χ1) is 22.7. The van der Waals surface area contributed by atoms with Gasteiger partial charge in [-0.25, -0.2) is 4.98 Å². The van der Waals surface area contributed by atoms with Crippen molar-refractivity contribution in [2.75, 3.05) is 0 Å². The Hall–Kier alpha value is -6.07. The van der Waals surface area contributed by atoms with E-state index in [1.807, 2.05) is 18.2 Å². The van der Waals surface area contributed by atoms with Crippen molar-refractivity contribution in [3.8, 4) is 34.4 Å². The van der Waals surface area contributed by atoms with Crippen molar-refractivity contribution in [1.29, 1.82) is 0 Å². The third-order valence-electron chi connectivity index (χ3n) is 9.03. The summed E-state index contributed by atoms with van der Waals surface area (Å²) in [5.74, 6) is 1.84. The maximum absolute atomic E-state index is 5.27. The zero-order valence-electron chi connectivity index (χ0n) is 25.5. The Balaban J connectivity index is 1.38. The first-order valence-electron chi connectivity index (χ1n) is 15.6. The smallest absolute Gasteiger partial charge is 0.238 e. The van der Waals surface area contributed by atoms with Crippen molar-refractivity contribution in [2.45, 2.75) is 13.8 Å². The van der Waals surface area contributed by atoms with Crippen LogP contribution >= 0.6 is 0 Å². The molecule has 0 unspecified atom stereocenters. The van der Waals surface area contributed by atoms with E-state index in [-0.39, 0.29) is 0 Å². The lowest BCUT2D eigenvalue weighted by atomic mass is 10.1. The predicted molar refractivity (Wildman–Crippen MR) is 189 cm³/mol. The van der Waals surface area contributed by atoms with Crippen LogP contribution in [-0.2, 0) is 0 Å². The molecule has 5 nitrogen and oxygen atoms in total. The summed E-state index contributed by atoms with van der Waals surface area (Å²) in [6, 6.07) is 48.7. The minimum absolute atomic E-state index is 0.589. The first kappa shape index (κ1) is 26.3. The number of hydrogen-bond donors (Lipinski definition) is 0. The Kier molecular flexibility index (Phi) is 5.87. The number of aryl methyl sites for hydroxylation is 2. The Labute approximate surface area is 266 Å². The van der Waals surface area contributed by atoms with E-state index in [2.05, 4.69) is 144 Å². The zero-order chi connectivity index (χ0) is 30.8. The maximum Gasteiger partial charge on any atom is 0.238 e. The largest absolute Gasteiger partial charge is 0.308 e. The summed E-state index contributed by atoms with van der Waals surface area (Å²) >= 11 is 0. The monoisotopic (exact) mass is 591 g/mol. The molecule has 3 aromatic heterocycles. The van der Waals surface area contributed by atoms with Crippen molar-refractivity contribution in [2.24, 2.45) is 0 Å². The molecule has 0 aliphatic rings. The molecule has 0 atom stereocenters. The number of para-hydroxylation sites is 5. The molecule has 0 saturated carbocycles. The Bertz CT molecular complexity index is 2500. The number of aromatic nitrogens is 5. The second-order valence-electron chi connectivity index (χ2n) is 11.8. The molecule has 0 radical (unpaired) electrons. The average Bonchev–Trinajstić information content (AvgIpc) is 3.63. The van der Waals surface area contributed by atoms with Gasteiger partial charge in [0.25, 0.3) is 0 Å². The molecule has 9 aromatic rings. The summed E-state index contributed by atoms with van der Waals surface area (Å²) in [6.45, 7) is 4.37. The molecule has 0 amide bonds. The van der Waals surface area contributed by atoms with Gasteiger partial charge in [0, 0.05) is 32.7 Å². The second kappa shape index (κ2) is 10.2. The van der Waals surface area contributed by atoms with Crippen LogP contribution in [0.4, 0.5) is 0 Å². The highest BCUT2D eigenvalue weighted by Crippen LogP contribution is 2.39. The summed E-state index contributed by atoms with van der Waals surface area (Å²) in [5.41, 5.74) is 9.85. The third-order valence-corrected chi connectivity index (χ3v) is 9.03. The fourth-order valence-corrected chi connectivity index (χ4v) is 7.00. The van der Waals surface area contributed by atoms with Gasteiger partial charge in [0.2, 0.25) is 5.95 Å². The van der Waals surface area contributed by atoms with Crippen molar-refractivity contribution in [1.82, 2.24) is 24.1 Å². The predicted octanol–water partition coefficient (Wildman–Crippen LogP) is 10.0. The lowest BCUT2D eigenvalue weighted by Gasteiger charge is -2.16. The van der Waals surface area contributed by atoms with E-state index in [9.17, 15) is 0 Å². The molecule has 0 fully saturated rings. The van der Waals surface area contributed by atoms with Gasteiger partial charge >= 0.3 is 0 Å². The molecule has 0 N–H and O–H groups in total. The standard InChI is InChI=1S/C41H29N5/c1-26-14-12-21-31-32-22-13-15-27(2)38(32)46(37(26)31)36-25-11-8-20-33(36)40-42-39(28-16-4-3-5-17-28)43-41(44-40)45-34-23-9-6-18-29(34)30-19-7-10-24-35(30)45/h3-25H,1-2H3. The van der Waals surface area contributed by atoms with Crippen LogP contribution in [0, 0.1) is 13.8 Å². The molecule has 0 aliphatic heterocycles. The highest BCUT2D eigenvalue weighted by Gasteiger charge is 2.22. The lowest BCUT2D eigenvalue weighted by molar-refractivity contribution is 0.951. The maximum atomic E-state index is 5.27. The average molecular weight is 592 g/mol. The summed E-state index contributed by atoms with van der Waals surface area (Å²) in [5, 5.41) is 4.80. The van der Waals surface area contributed by atoms with E-state index in [1.54, 1.807) is 0 Å². The van der Waals surface area contributed by atoms with Gasteiger partial charge in [0.15, 0.2) is 11.6 Å².